The summed E-state index contributed by atoms with van der Waals surface area (Å²) in [6, 6.07) is 7.91. The van der Waals surface area contributed by atoms with Crippen LogP contribution in [0.15, 0.2) is 28.7 Å². The molecule has 0 heterocycles. The first-order chi connectivity index (χ1) is 7.72. The molecule has 4 heteroatoms. The van der Waals surface area contributed by atoms with Crippen LogP contribution >= 0.6 is 27.7 Å². The first-order valence-electron chi connectivity index (χ1n) is 5.34. The Morgan fingerprint density at radius 2 is 2.31 bits per heavy atom. The highest BCUT2D eigenvalue weighted by atomic mass is 79.9. The van der Waals surface area contributed by atoms with Gasteiger partial charge >= 0.3 is 0 Å². The quantitative estimate of drug-likeness (QED) is 0.782. The molecule has 16 heavy (non-hydrogen) atoms. The van der Waals surface area contributed by atoms with Gasteiger partial charge in [0.1, 0.15) is 12.4 Å². The Balaban J connectivity index is 2.12. The molecule has 90 valence electrons. The summed E-state index contributed by atoms with van der Waals surface area (Å²) in [5.41, 5.74) is 0. The smallest absolute Gasteiger partial charge is 0.120 e. The van der Waals surface area contributed by atoms with Crippen molar-refractivity contribution in [2.45, 2.75) is 12.2 Å². The molecular weight excluding hydrogens is 286 g/mol. The van der Waals surface area contributed by atoms with Crippen LogP contribution in [-0.4, -0.2) is 31.2 Å². The summed E-state index contributed by atoms with van der Waals surface area (Å²) in [5, 5.41) is 4.02. The maximum atomic E-state index is 5.60. The van der Waals surface area contributed by atoms with Crippen molar-refractivity contribution < 1.29 is 4.74 Å². The van der Waals surface area contributed by atoms with Crippen molar-refractivity contribution in [3.8, 4) is 5.75 Å². The average Bonchev–Trinajstić information content (AvgIpc) is 2.28. The molecule has 1 unspecified atom stereocenters. The second kappa shape index (κ2) is 7.98. The molecule has 1 N–H and O–H groups in total. The van der Waals surface area contributed by atoms with E-state index in [0.29, 0.717) is 11.9 Å². The first kappa shape index (κ1) is 13.9. The van der Waals surface area contributed by atoms with E-state index in [1.165, 1.54) is 0 Å². The standard InChI is InChI=1S/C12H18BrNOS/c1-10(16-2)9-14-6-7-15-12-5-3-4-11(13)8-12/h3-5,8,10,14H,6-7,9H2,1-2H3. The number of nitrogens with one attached hydrogen (secondary N) is 1. The van der Waals surface area contributed by atoms with Gasteiger partial charge in [-0.05, 0) is 24.5 Å². The van der Waals surface area contributed by atoms with Crippen LogP contribution in [0.25, 0.3) is 0 Å². The molecule has 0 aliphatic heterocycles. The molecule has 1 atom stereocenters. The molecule has 1 rings (SSSR count). The van der Waals surface area contributed by atoms with E-state index in [2.05, 4.69) is 34.4 Å². The second-order valence-electron chi connectivity index (χ2n) is 3.56. The van der Waals surface area contributed by atoms with Crippen molar-refractivity contribution in [2.75, 3.05) is 26.0 Å². The van der Waals surface area contributed by atoms with Gasteiger partial charge in [-0.3, -0.25) is 0 Å². The van der Waals surface area contributed by atoms with Crippen LogP contribution in [0.1, 0.15) is 6.92 Å². The monoisotopic (exact) mass is 303 g/mol. The van der Waals surface area contributed by atoms with Crippen molar-refractivity contribution >= 4 is 27.7 Å². The maximum absolute atomic E-state index is 5.60. The van der Waals surface area contributed by atoms with Gasteiger partial charge in [0, 0.05) is 22.8 Å². The van der Waals surface area contributed by atoms with E-state index in [0.717, 1.165) is 23.3 Å². The number of ether oxygens (including phenoxy) is 1. The summed E-state index contributed by atoms with van der Waals surface area (Å²) >= 11 is 5.29. The average molecular weight is 304 g/mol. The predicted molar refractivity (Wildman–Crippen MR) is 75.5 cm³/mol. The van der Waals surface area contributed by atoms with Gasteiger partial charge in [-0.2, -0.15) is 11.8 Å². The molecule has 0 amide bonds. The number of rotatable bonds is 7. The number of benzene rings is 1. The van der Waals surface area contributed by atoms with Gasteiger partial charge in [-0.1, -0.05) is 28.9 Å². The van der Waals surface area contributed by atoms with Crippen molar-refractivity contribution in [2.24, 2.45) is 0 Å². The third kappa shape index (κ3) is 5.77. The minimum absolute atomic E-state index is 0.658. The van der Waals surface area contributed by atoms with E-state index in [9.17, 15) is 0 Å². The van der Waals surface area contributed by atoms with E-state index in [-0.39, 0.29) is 0 Å². The van der Waals surface area contributed by atoms with Crippen LogP contribution in [0.5, 0.6) is 5.75 Å². The van der Waals surface area contributed by atoms with Crippen molar-refractivity contribution in [1.82, 2.24) is 5.32 Å². The Morgan fingerprint density at radius 3 is 3.00 bits per heavy atom. The molecule has 0 bridgehead atoms. The summed E-state index contributed by atoms with van der Waals surface area (Å²) < 4.78 is 6.65. The fourth-order valence-electron chi connectivity index (χ4n) is 1.19. The molecule has 0 radical (unpaired) electrons. The van der Waals surface area contributed by atoms with Crippen LogP contribution in [0.2, 0.25) is 0 Å². The minimum Gasteiger partial charge on any atom is -0.492 e. The molecule has 0 saturated carbocycles. The molecule has 1 aromatic rings. The molecule has 0 saturated heterocycles. The molecular formula is C12H18BrNOS. The summed E-state index contributed by atoms with van der Waals surface area (Å²) in [5.74, 6) is 0.911. The highest BCUT2D eigenvalue weighted by molar-refractivity contribution is 9.10. The van der Waals surface area contributed by atoms with Gasteiger partial charge < -0.3 is 10.1 Å². The lowest BCUT2D eigenvalue weighted by Gasteiger charge is -2.10. The number of hydrogen-bond acceptors (Lipinski definition) is 3. The Bertz CT molecular complexity index is 309. The molecule has 2 nitrogen and oxygen atoms in total. The first-order valence-corrected chi connectivity index (χ1v) is 7.42. The highest BCUT2D eigenvalue weighted by Crippen LogP contribution is 2.17. The minimum atomic E-state index is 0.658. The van der Waals surface area contributed by atoms with Crippen LogP contribution < -0.4 is 10.1 Å². The van der Waals surface area contributed by atoms with Gasteiger partial charge in [-0.25, -0.2) is 0 Å². The Hall–Kier alpha value is -0.190. The molecule has 1 aromatic carbocycles. The lowest BCUT2D eigenvalue weighted by Crippen LogP contribution is -2.27. The van der Waals surface area contributed by atoms with E-state index in [1.54, 1.807) is 0 Å². The fraction of sp³-hybridized carbons (Fsp3) is 0.500. The zero-order valence-electron chi connectivity index (χ0n) is 9.70. The van der Waals surface area contributed by atoms with Crippen molar-refractivity contribution in [1.29, 1.82) is 0 Å². The Kier molecular flexibility index (Phi) is 6.92. The van der Waals surface area contributed by atoms with Gasteiger partial charge in [0.2, 0.25) is 0 Å². The van der Waals surface area contributed by atoms with Gasteiger partial charge in [0.25, 0.3) is 0 Å². The predicted octanol–water partition coefficient (Wildman–Crippen LogP) is 3.17. The van der Waals surface area contributed by atoms with E-state index < -0.39 is 0 Å². The third-order valence-corrected chi connectivity index (χ3v) is 3.64. The molecule has 0 aliphatic carbocycles. The van der Waals surface area contributed by atoms with Crippen LogP contribution in [-0.2, 0) is 0 Å². The normalized spacial score (nSPS) is 12.4. The number of hydrogen-bond donors (Lipinski definition) is 1. The largest absolute Gasteiger partial charge is 0.492 e. The topological polar surface area (TPSA) is 21.3 Å². The molecule has 0 fully saturated rings. The summed E-state index contributed by atoms with van der Waals surface area (Å²) in [6.07, 6.45) is 2.13. The zero-order valence-corrected chi connectivity index (χ0v) is 12.1. The van der Waals surface area contributed by atoms with Crippen molar-refractivity contribution in [3.05, 3.63) is 28.7 Å². The summed E-state index contributed by atoms with van der Waals surface area (Å²) in [4.78, 5) is 0. The lowest BCUT2D eigenvalue weighted by atomic mass is 10.3. The van der Waals surface area contributed by atoms with E-state index in [4.69, 9.17) is 4.74 Å². The van der Waals surface area contributed by atoms with Gasteiger partial charge in [0.15, 0.2) is 0 Å². The van der Waals surface area contributed by atoms with E-state index in [1.807, 2.05) is 36.0 Å². The summed E-state index contributed by atoms with van der Waals surface area (Å²) in [6.45, 7) is 4.84. The lowest BCUT2D eigenvalue weighted by molar-refractivity contribution is 0.314. The van der Waals surface area contributed by atoms with Crippen LogP contribution in [0, 0.1) is 0 Å². The number of thioether (sulfide) groups is 1. The van der Waals surface area contributed by atoms with Crippen molar-refractivity contribution in [3.63, 3.8) is 0 Å². The third-order valence-electron chi connectivity index (χ3n) is 2.18. The SMILES string of the molecule is CSC(C)CNCCOc1cccc(Br)c1. The zero-order chi connectivity index (χ0) is 11.8. The molecule has 0 spiro atoms. The van der Waals surface area contributed by atoms with E-state index >= 15 is 0 Å². The van der Waals surface area contributed by atoms with Crippen LogP contribution in [0.4, 0.5) is 0 Å². The molecule has 0 aromatic heterocycles. The Morgan fingerprint density at radius 1 is 1.50 bits per heavy atom. The maximum Gasteiger partial charge on any atom is 0.120 e. The highest BCUT2D eigenvalue weighted by Gasteiger charge is 1.98. The molecule has 0 aliphatic rings. The number of halogens is 1. The Labute approximate surface area is 110 Å². The van der Waals surface area contributed by atoms with Gasteiger partial charge in [-0.15, -0.1) is 0 Å². The van der Waals surface area contributed by atoms with Crippen LogP contribution in [0.3, 0.4) is 0 Å². The fourth-order valence-corrected chi connectivity index (χ4v) is 1.85. The van der Waals surface area contributed by atoms with Gasteiger partial charge in [0.05, 0.1) is 0 Å². The second-order valence-corrected chi connectivity index (χ2v) is 5.75. The summed E-state index contributed by atoms with van der Waals surface area (Å²) in [7, 11) is 0.